The van der Waals surface area contributed by atoms with Gasteiger partial charge in [-0.1, -0.05) is 6.07 Å². The Morgan fingerprint density at radius 3 is 2.52 bits per heavy atom. The molecule has 1 aromatic carbocycles. The fraction of sp³-hybridized carbons (Fsp3) is 0.650. The minimum absolute atomic E-state index is 0.0366. The minimum atomic E-state index is -3.85. The van der Waals surface area contributed by atoms with E-state index in [0.717, 1.165) is 38.8 Å². The van der Waals surface area contributed by atoms with E-state index >= 15 is 0 Å². The van der Waals surface area contributed by atoms with Crippen molar-refractivity contribution in [1.29, 1.82) is 0 Å². The molecular formula is C20H31FN4O3S. The van der Waals surface area contributed by atoms with Gasteiger partial charge >= 0.3 is 0 Å². The van der Waals surface area contributed by atoms with Crippen LogP contribution in [0, 0.1) is 5.82 Å². The molecule has 3 rings (SSSR count). The number of rotatable bonds is 9. The number of halogens is 1. The number of amides is 1. The molecule has 0 aromatic heterocycles. The predicted octanol–water partition coefficient (Wildman–Crippen LogP) is 1.12. The number of carbonyl (C=O) groups excluding carboxylic acids is 1. The summed E-state index contributed by atoms with van der Waals surface area (Å²) in [7, 11) is -3.85. The second-order valence-electron chi connectivity index (χ2n) is 7.64. The third-order valence-electron chi connectivity index (χ3n) is 5.56. The number of benzene rings is 1. The zero-order valence-corrected chi connectivity index (χ0v) is 17.7. The Hall–Kier alpha value is -1.55. The van der Waals surface area contributed by atoms with Crippen LogP contribution in [0.5, 0.6) is 0 Å². The lowest BCUT2D eigenvalue weighted by molar-refractivity contribution is -0.131. The highest BCUT2D eigenvalue weighted by Crippen LogP contribution is 2.18. The first kappa shape index (κ1) is 22.1. The molecule has 0 unspecified atom stereocenters. The van der Waals surface area contributed by atoms with Crippen molar-refractivity contribution in [3.8, 4) is 0 Å². The number of likely N-dealkylation sites (tertiary alicyclic amines) is 1. The largest absolute Gasteiger partial charge is 0.340 e. The van der Waals surface area contributed by atoms with Gasteiger partial charge in [-0.05, 0) is 57.1 Å². The summed E-state index contributed by atoms with van der Waals surface area (Å²) in [6.07, 6.45) is 3.20. The van der Waals surface area contributed by atoms with Crippen molar-refractivity contribution < 1.29 is 17.6 Å². The van der Waals surface area contributed by atoms with Crippen molar-refractivity contribution in [1.82, 2.24) is 19.4 Å². The molecule has 0 aliphatic carbocycles. The van der Waals surface area contributed by atoms with E-state index in [9.17, 15) is 17.6 Å². The third kappa shape index (κ3) is 6.21. The first-order chi connectivity index (χ1) is 14.0. The molecule has 7 nitrogen and oxygen atoms in total. The second kappa shape index (κ2) is 10.5. The maximum absolute atomic E-state index is 13.6. The van der Waals surface area contributed by atoms with E-state index in [-0.39, 0.29) is 23.8 Å². The van der Waals surface area contributed by atoms with Crippen LogP contribution in [0.4, 0.5) is 4.39 Å². The molecule has 29 heavy (non-hydrogen) atoms. The average Bonchev–Trinajstić information content (AvgIpc) is 3.24. The van der Waals surface area contributed by atoms with Crippen molar-refractivity contribution in [2.45, 2.75) is 30.6 Å². The molecule has 0 bridgehead atoms. The zero-order chi connectivity index (χ0) is 20.7. The normalized spacial score (nSPS) is 18.5. The SMILES string of the molecule is O=C(CCN(CCCN1CCCC1)S(=O)(=O)c1cccc(F)c1)N1CCNCC1. The summed E-state index contributed by atoms with van der Waals surface area (Å²) in [6, 6.07) is 5.08. The van der Waals surface area contributed by atoms with Gasteiger partial charge in [0.1, 0.15) is 5.82 Å². The molecule has 9 heteroatoms. The summed E-state index contributed by atoms with van der Waals surface area (Å²) in [4.78, 5) is 16.6. The Kier molecular flexibility index (Phi) is 7.99. The smallest absolute Gasteiger partial charge is 0.243 e. The van der Waals surface area contributed by atoms with Gasteiger partial charge in [0.05, 0.1) is 4.90 Å². The van der Waals surface area contributed by atoms with Gasteiger partial charge in [-0.3, -0.25) is 4.79 Å². The number of hydrogen-bond donors (Lipinski definition) is 1. The number of sulfonamides is 1. The van der Waals surface area contributed by atoms with Crippen LogP contribution in [0.15, 0.2) is 29.2 Å². The van der Waals surface area contributed by atoms with Crippen LogP contribution in [0.25, 0.3) is 0 Å². The first-order valence-corrected chi connectivity index (χ1v) is 11.9. The second-order valence-corrected chi connectivity index (χ2v) is 9.58. The van der Waals surface area contributed by atoms with Gasteiger partial charge < -0.3 is 15.1 Å². The molecule has 1 N–H and O–H groups in total. The number of nitrogens with one attached hydrogen (secondary N) is 1. The Labute approximate surface area is 172 Å². The van der Waals surface area contributed by atoms with E-state index in [0.29, 0.717) is 26.1 Å². The Bertz CT molecular complexity index is 778. The van der Waals surface area contributed by atoms with Crippen LogP contribution in [0.1, 0.15) is 25.7 Å². The number of piperazine rings is 1. The molecule has 2 aliphatic rings. The highest BCUT2D eigenvalue weighted by Gasteiger charge is 2.27. The van der Waals surface area contributed by atoms with Gasteiger partial charge in [-0.15, -0.1) is 0 Å². The predicted molar refractivity (Wildman–Crippen MR) is 110 cm³/mol. The maximum Gasteiger partial charge on any atom is 0.243 e. The Morgan fingerprint density at radius 2 is 1.83 bits per heavy atom. The summed E-state index contributed by atoms with van der Waals surface area (Å²) >= 11 is 0. The number of nitrogens with zero attached hydrogens (tertiary/aromatic N) is 3. The van der Waals surface area contributed by atoms with Crippen LogP contribution in [0.2, 0.25) is 0 Å². The molecule has 162 valence electrons. The highest BCUT2D eigenvalue weighted by molar-refractivity contribution is 7.89. The lowest BCUT2D eigenvalue weighted by Gasteiger charge is -2.29. The molecule has 2 saturated heterocycles. The van der Waals surface area contributed by atoms with Crippen LogP contribution < -0.4 is 5.32 Å². The maximum atomic E-state index is 13.6. The van der Waals surface area contributed by atoms with Crippen molar-refractivity contribution in [3.63, 3.8) is 0 Å². The van der Waals surface area contributed by atoms with Crippen molar-refractivity contribution >= 4 is 15.9 Å². The molecule has 2 fully saturated rings. The van der Waals surface area contributed by atoms with Gasteiger partial charge in [0.25, 0.3) is 0 Å². The van der Waals surface area contributed by atoms with Crippen LogP contribution in [-0.2, 0) is 14.8 Å². The quantitative estimate of drug-likeness (QED) is 0.641. The van der Waals surface area contributed by atoms with E-state index in [1.54, 1.807) is 4.90 Å². The van der Waals surface area contributed by atoms with Crippen molar-refractivity contribution in [3.05, 3.63) is 30.1 Å². The number of hydrogen-bond acceptors (Lipinski definition) is 5. The van der Waals surface area contributed by atoms with Gasteiger partial charge in [-0.2, -0.15) is 4.31 Å². The monoisotopic (exact) mass is 426 g/mol. The third-order valence-corrected chi connectivity index (χ3v) is 7.45. The fourth-order valence-electron chi connectivity index (χ4n) is 3.90. The summed E-state index contributed by atoms with van der Waals surface area (Å²) in [5.74, 6) is -0.620. The summed E-state index contributed by atoms with van der Waals surface area (Å²) in [5, 5.41) is 3.20. The van der Waals surface area contributed by atoms with E-state index in [4.69, 9.17) is 0 Å². The molecule has 0 radical (unpaired) electrons. The average molecular weight is 427 g/mol. The molecule has 1 aromatic rings. The summed E-state index contributed by atoms with van der Waals surface area (Å²) < 4.78 is 41.2. The Balaban J connectivity index is 1.65. The number of carbonyl (C=O) groups is 1. The first-order valence-electron chi connectivity index (χ1n) is 10.4. The van der Waals surface area contributed by atoms with E-state index in [2.05, 4.69) is 10.2 Å². The molecule has 0 saturated carbocycles. The Morgan fingerprint density at radius 1 is 1.10 bits per heavy atom. The minimum Gasteiger partial charge on any atom is -0.340 e. The van der Waals surface area contributed by atoms with Gasteiger partial charge in [-0.25, -0.2) is 12.8 Å². The summed E-state index contributed by atoms with van der Waals surface area (Å²) in [5.41, 5.74) is 0. The molecule has 1 amide bonds. The lowest BCUT2D eigenvalue weighted by Crippen LogP contribution is -2.47. The fourth-order valence-corrected chi connectivity index (χ4v) is 5.41. The molecule has 2 aliphatic heterocycles. The van der Waals surface area contributed by atoms with E-state index in [1.165, 1.54) is 35.3 Å². The van der Waals surface area contributed by atoms with E-state index < -0.39 is 15.8 Å². The van der Waals surface area contributed by atoms with Crippen molar-refractivity contribution in [2.75, 3.05) is 58.9 Å². The van der Waals surface area contributed by atoms with Crippen LogP contribution >= 0.6 is 0 Å². The molecule has 0 spiro atoms. The molecular weight excluding hydrogens is 395 g/mol. The van der Waals surface area contributed by atoms with Gasteiger partial charge in [0.15, 0.2) is 0 Å². The topological polar surface area (TPSA) is 73.0 Å². The summed E-state index contributed by atoms with van der Waals surface area (Å²) in [6.45, 7) is 6.18. The van der Waals surface area contributed by atoms with E-state index in [1.807, 2.05) is 0 Å². The molecule has 0 atom stereocenters. The van der Waals surface area contributed by atoms with Crippen molar-refractivity contribution in [2.24, 2.45) is 0 Å². The highest BCUT2D eigenvalue weighted by atomic mass is 32.2. The zero-order valence-electron chi connectivity index (χ0n) is 16.9. The molecule has 2 heterocycles. The van der Waals surface area contributed by atoms with Crippen LogP contribution in [-0.4, -0.2) is 87.3 Å². The standard InChI is InChI=1S/C20H31FN4O3S/c21-18-5-3-6-19(17-18)29(27,28)25(13-4-12-23-10-1-2-11-23)14-7-20(26)24-15-8-22-9-16-24/h3,5-6,17,22H,1-2,4,7-16H2. The van der Waals surface area contributed by atoms with Gasteiger partial charge in [0, 0.05) is 45.7 Å². The lowest BCUT2D eigenvalue weighted by atomic mass is 10.3. The van der Waals surface area contributed by atoms with Gasteiger partial charge in [0.2, 0.25) is 15.9 Å². The van der Waals surface area contributed by atoms with Crippen LogP contribution in [0.3, 0.4) is 0 Å².